The molecule has 0 atom stereocenters. The van der Waals surface area contributed by atoms with E-state index in [4.69, 9.17) is 0 Å². The first-order valence-electron chi connectivity index (χ1n) is 5.74. The molecule has 90 valence electrons. The molecule has 0 aromatic carbocycles. The second kappa shape index (κ2) is 4.95. The summed E-state index contributed by atoms with van der Waals surface area (Å²) >= 11 is 0. The van der Waals surface area contributed by atoms with E-state index >= 15 is 0 Å². The van der Waals surface area contributed by atoms with Crippen molar-refractivity contribution in [3.8, 4) is 0 Å². The summed E-state index contributed by atoms with van der Waals surface area (Å²) < 4.78 is 1.91. The second-order valence-electron chi connectivity index (χ2n) is 4.00. The molecule has 2 aromatic rings. The minimum absolute atomic E-state index is 0.721. The monoisotopic (exact) mass is 231 g/mol. The van der Waals surface area contributed by atoms with Crippen molar-refractivity contribution in [2.45, 2.75) is 33.9 Å². The molecule has 2 heterocycles. The maximum absolute atomic E-state index is 4.41. The van der Waals surface area contributed by atoms with Crippen LogP contribution in [-0.2, 0) is 13.1 Å². The summed E-state index contributed by atoms with van der Waals surface area (Å²) in [6.07, 6.45) is 5.68. The van der Waals surface area contributed by atoms with E-state index in [1.54, 1.807) is 6.20 Å². The molecule has 1 N–H and O–H groups in total. The second-order valence-corrected chi connectivity index (χ2v) is 4.00. The quantitative estimate of drug-likeness (QED) is 0.873. The molecule has 0 aliphatic carbocycles. The average Bonchev–Trinajstić information content (AvgIpc) is 2.78. The van der Waals surface area contributed by atoms with Crippen LogP contribution in [0.1, 0.15) is 23.9 Å². The Hall–Kier alpha value is -1.91. The highest BCUT2D eigenvalue weighted by Crippen LogP contribution is 2.10. The zero-order valence-corrected chi connectivity index (χ0v) is 10.4. The SMILES string of the molecule is CCn1cc(CNc2nc(C)cnc2C)cn1. The Kier molecular flexibility index (Phi) is 3.37. The van der Waals surface area contributed by atoms with Crippen LogP contribution < -0.4 is 5.32 Å². The summed E-state index contributed by atoms with van der Waals surface area (Å²) in [6.45, 7) is 7.57. The van der Waals surface area contributed by atoms with Gasteiger partial charge in [0, 0.05) is 31.0 Å². The summed E-state index contributed by atoms with van der Waals surface area (Å²) in [6, 6.07) is 0. The van der Waals surface area contributed by atoms with Crippen molar-refractivity contribution >= 4 is 5.82 Å². The number of rotatable bonds is 4. The van der Waals surface area contributed by atoms with E-state index in [1.807, 2.05) is 30.9 Å². The Bertz CT molecular complexity index is 503. The molecule has 2 rings (SSSR count). The van der Waals surface area contributed by atoms with Gasteiger partial charge in [-0.15, -0.1) is 0 Å². The van der Waals surface area contributed by atoms with Crippen molar-refractivity contribution in [1.29, 1.82) is 0 Å². The van der Waals surface area contributed by atoms with Gasteiger partial charge in [-0.3, -0.25) is 9.67 Å². The topological polar surface area (TPSA) is 55.6 Å². The lowest BCUT2D eigenvalue weighted by molar-refractivity contribution is 0.659. The Morgan fingerprint density at radius 1 is 1.29 bits per heavy atom. The van der Waals surface area contributed by atoms with Crippen LogP contribution in [0.25, 0.3) is 0 Å². The molecule has 0 saturated carbocycles. The molecule has 0 bridgehead atoms. The molecule has 0 saturated heterocycles. The Labute approximate surface area is 101 Å². The predicted molar refractivity (Wildman–Crippen MR) is 66.7 cm³/mol. The van der Waals surface area contributed by atoms with Gasteiger partial charge in [-0.1, -0.05) is 0 Å². The molecule has 0 radical (unpaired) electrons. The predicted octanol–water partition coefficient (Wildman–Crippen LogP) is 1.92. The molecular weight excluding hydrogens is 214 g/mol. The molecule has 0 aliphatic heterocycles. The maximum atomic E-state index is 4.41. The first-order valence-corrected chi connectivity index (χ1v) is 5.74. The highest BCUT2D eigenvalue weighted by Gasteiger charge is 2.02. The highest BCUT2D eigenvalue weighted by molar-refractivity contribution is 5.40. The van der Waals surface area contributed by atoms with E-state index in [2.05, 4.69) is 27.3 Å². The minimum atomic E-state index is 0.721. The van der Waals surface area contributed by atoms with Crippen molar-refractivity contribution in [3.05, 3.63) is 35.5 Å². The highest BCUT2D eigenvalue weighted by atomic mass is 15.3. The van der Waals surface area contributed by atoms with Gasteiger partial charge in [-0.25, -0.2) is 4.98 Å². The number of hydrogen-bond donors (Lipinski definition) is 1. The average molecular weight is 231 g/mol. The molecule has 0 aliphatic rings. The van der Waals surface area contributed by atoms with Gasteiger partial charge in [0.25, 0.3) is 0 Å². The number of nitrogens with one attached hydrogen (secondary N) is 1. The summed E-state index contributed by atoms with van der Waals surface area (Å²) in [5.41, 5.74) is 2.98. The van der Waals surface area contributed by atoms with Crippen molar-refractivity contribution in [3.63, 3.8) is 0 Å². The molecule has 17 heavy (non-hydrogen) atoms. The lowest BCUT2D eigenvalue weighted by Gasteiger charge is -2.07. The standard InChI is InChI=1S/C12H17N5/c1-4-17-8-11(7-15-17)6-14-12-10(3)13-5-9(2)16-12/h5,7-8H,4,6H2,1-3H3,(H,14,16). The van der Waals surface area contributed by atoms with E-state index in [-0.39, 0.29) is 0 Å². The van der Waals surface area contributed by atoms with Crippen molar-refractivity contribution < 1.29 is 0 Å². The lowest BCUT2D eigenvalue weighted by atomic mass is 10.3. The molecule has 2 aromatic heterocycles. The van der Waals surface area contributed by atoms with Crippen LogP contribution in [-0.4, -0.2) is 19.7 Å². The van der Waals surface area contributed by atoms with Crippen LogP contribution in [0.15, 0.2) is 18.6 Å². The van der Waals surface area contributed by atoms with Crippen molar-refractivity contribution in [2.75, 3.05) is 5.32 Å². The van der Waals surface area contributed by atoms with Gasteiger partial charge in [0.15, 0.2) is 0 Å². The maximum Gasteiger partial charge on any atom is 0.148 e. The van der Waals surface area contributed by atoms with E-state index in [0.717, 1.165) is 35.9 Å². The van der Waals surface area contributed by atoms with E-state index in [9.17, 15) is 0 Å². The number of aryl methyl sites for hydroxylation is 3. The smallest absolute Gasteiger partial charge is 0.148 e. The number of anilines is 1. The third-order valence-corrected chi connectivity index (χ3v) is 2.55. The normalized spacial score (nSPS) is 10.5. The summed E-state index contributed by atoms with van der Waals surface area (Å²) in [5, 5.41) is 7.51. The largest absolute Gasteiger partial charge is 0.364 e. The van der Waals surface area contributed by atoms with Gasteiger partial charge in [0.1, 0.15) is 5.82 Å². The molecule has 5 heteroatoms. The number of nitrogens with zero attached hydrogens (tertiary/aromatic N) is 4. The molecule has 5 nitrogen and oxygen atoms in total. The Balaban J connectivity index is 2.04. The van der Waals surface area contributed by atoms with Crippen LogP contribution in [0.5, 0.6) is 0 Å². The van der Waals surface area contributed by atoms with E-state index < -0.39 is 0 Å². The molecule has 0 unspecified atom stereocenters. The Morgan fingerprint density at radius 3 is 2.82 bits per heavy atom. The van der Waals surface area contributed by atoms with Crippen LogP contribution in [0, 0.1) is 13.8 Å². The fourth-order valence-electron chi connectivity index (χ4n) is 1.56. The van der Waals surface area contributed by atoms with Crippen LogP contribution >= 0.6 is 0 Å². The van der Waals surface area contributed by atoms with E-state index in [0.29, 0.717) is 0 Å². The van der Waals surface area contributed by atoms with Crippen LogP contribution in [0.3, 0.4) is 0 Å². The summed E-state index contributed by atoms with van der Waals surface area (Å²) in [4.78, 5) is 8.68. The minimum Gasteiger partial charge on any atom is -0.364 e. The number of hydrogen-bond acceptors (Lipinski definition) is 4. The molecular formula is C12H17N5. The van der Waals surface area contributed by atoms with Gasteiger partial charge in [-0.05, 0) is 20.8 Å². The lowest BCUT2D eigenvalue weighted by Crippen LogP contribution is -2.04. The first kappa shape index (κ1) is 11.6. The van der Waals surface area contributed by atoms with Crippen molar-refractivity contribution in [1.82, 2.24) is 19.7 Å². The third kappa shape index (κ3) is 2.81. The number of aromatic nitrogens is 4. The molecule has 0 spiro atoms. The first-order chi connectivity index (χ1) is 8.19. The van der Waals surface area contributed by atoms with Crippen LogP contribution in [0.2, 0.25) is 0 Å². The van der Waals surface area contributed by atoms with Crippen LogP contribution in [0.4, 0.5) is 5.82 Å². The third-order valence-electron chi connectivity index (χ3n) is 2.55. The van der Waals surface area contributed by atoms with E-state index in [1.165, 1.54) is 0 Å². The van der Waals surface area contributed by atoms with Crippen molar-refractivity contribution in [2.24, 2.45) is 0 Å². The van der Waals surface area contributed by atoms with Gasteiger partial charge in [-0.2, -0.15) is 5.10 Å². The fraction of sp³-hybridized carbons (Fsp3) is 0.417. The van der Waals surface area contributed by atoms with Gasteiger partial charge < -0.3 is 5.32 Å². The zero-order chi connectivity index (χ0) is 12.3. The summed E-state index contributed by atoms with van der Waals surface area (Å²) in [5.74, 6) is 0.842. The van der Waals surface area contributed by atoms with Gasteiger partial charge >= 0.3 is 0 Å². The fourth-order valence-corrected chi connectivity index (χ4v) is 1.56. The zero-order valence-electron chi connectivity index (χ0n) is 10.4. The molecule has 0 fully saturated rings. The Morgan fingerprint density at radius 2 is 2.12 bits per heavy atom. The van der Waals surface area contributed by atoms with Gasteiger partial charge in [0.2, 0.25) is 0 Å². The molecule has 0 amide bonds. The van der Waals surface area contributed by atoms with Gasteiger partial charge in [0.05, 0.1) is 17.6 Å². The summed E-state index contributed by atoms with van der Waals surface area (Å²) in [7, 11) is 0.